The quantitative estimate of drug-likeness (QED) is 0.128. The number of carbonyl (C=O) groups excluding carboxylic acids is 2. The summed E-state index contributed by atoms with van der Waals surface area (Å²) in [6.45, 7) is 10.2. The minimum Gasteiger partial charge on any atom is -0.475 e. The smallest absolute Gasteiger partial charge is 0.314 e. The van der Waals surface area contributed by atoms with Gasteiger partial charge in [-0.2, -0.15) is 4.37 Å². The number of nitrogens with zero attached hydrogens (tertiary/aromatic N) is 3. The molecule has 0 aliphatic carbocycles. The van der Waals surface area contributed by atoms with Gasteiger partial charge in [0.25, 0.3) is 5.88 Å². The Kier molecular flexibility index (Phi) is 11.3. The number of aromatic nitrogens is 2. The first-order valence-electron chi connectivity index (χ1n) is 13.7. The normalized spacial score (nSPS) is 18.1. The second-order valence-electron chi connectivity index (χ2n) is 10.4. The van der Waals surface area contributed by atoms with Crippen LogP contribution >= 0.6 is 11.7 Å². The summed E-state index contributed by atoms with van der Waals surface area (Å²) in [6.07, 6.45) is 7.54. The molecular weight excluding hydrogens is 502 g/mol. The first-order valence-corrected chi connectivity index (χ1v) is 14.5. The highest BCUT2D eigenvalue weighted by Gasteiger charge is 2.41. The van der Waals surface area contributed by atoms with Gasteiger partial charge in [-0.3, -0.25) is 14.1 Å². The Morgan fingerprint density at radius 2 is 1.87 bits per heavy atom. The van der Waals surface area contributed by atoms with Crippen molar-refractivity contribution in [2.75, 3.05) is 26.7 Å². The summed E-state index contributed by atoms with van der Waals surface area (Å²) in [5, 5.41) is 0. The molecule has 2 unspecified atom stereocenters. The molecule has 1 aliphatic heterocycles. The van der Waals surface area contributed by atoms with E-state index in [2.05, 4.69) is 42.6 Å². The Morgan fingerprint density at radius 3 is 2.61 bits per heavy atom. The largest absolute Gasteiger partial charge is 0.475 e. The highest BCUT2D eigenvalue weighted by molar-refractivity contribution is 6.99. The van der Waals surface area contributed by atoms with E-state index in [1.807, 2.05) is 6.07 Å². The van der Waals surface area contributed by atoms with Crippen LogP contribution < -0.4 is 9.47 Å². The number of carbonyl (C=O) groups is 2. The van der Waals surface area contributed by atoms with Crippen molar-refractivity contribution < 1.29 is 28.3 Å². The van der Waals surface area contributed by atoms with E-state index in [-0.39, 0.29) is 36.9 Å². The number of hydrogen-bond donors (Lipinski definition) is 0. The number of rotatable bonds is 14. The van der Waals surface area contributed by atoms with Crippen molar-refractivity contribution >= 4 is 29.2 Å². The fourth-order valence-corrected chi connectivity index (χ4v) is 5.41. The molecule has 0 spiro atoms. The molecule has 0 amide bonds. The lowest BCUT2D eigenvalue weighted by molar-refractivity contribution is -0.950. The monoisotopic (exact) mass is 544 g/mol. The predicted molar refractivity (Wildman–Crippen MR) is 149 cm³/mol. The van der Waals surface area contributed by atoms with Crippen LogP contribution in [0.4, 0.5) is 0 Å². The van der Waals surface area contributed by atoms with Crippen molar-refractivity contribution in [2.45, 2.75) is 78.9 Å². The number of ether oxygens (including phenoxy) is 3. The van der Waals surface area contributed by atoms with Gasteiger partial charge in [-0.05, 0) is 12.5 Å². The lowest BCUT2D eigenvalue weighted by Crippen LogP contribution is -2.58. The second kappa shape index (κ2) is 14.4. The predicted octanol–water partition coefficient (Wildman–Crippen LogP) is 5.81. The molecule has 2 heterocycles. The third-order valence-electron chi connectivity index (χ3n) is 6.82. The maximum Gasteiger partial charge on any atom is 0.314 e. The standard InChI is InChI=1S/C29H42N3O5S/c1-6-8-9-12-18-35-28-27(30-38-31-28)23-15-13-17-32(5,20-23)29(21(3)4)37-26(34)19-22-14-10-11-16-24(22)36-25(33)7-2/h10-11,14-16,21,29H,6-9,12-13,17-20H2,1-5H3/q+1. The number of benzene rings is 1. The molecule has 2 aromatic rings. The van der Waals surface area contributed by atoms with Crippen molar-refractivity contribution in [3.63, 3.8) is 0 Å². The number of para-hydroxylation sites is 1. The average Bonchev–Trinajstić information content (AvgIpc) is 3.36. The van der Waals surface area contributed by atoms with Gasteiger partial charge in [-0.15, -0.1) is 4.37 Å². The van der Waals surface area contributed by atoms with E-state index in [1.54, 1.807) is 25.1 Å². The molecule has 2 atom stereocenters. The van der Waals surface area contributed by atoms with E-state index in [0.29, 0.717) is 34.8 Å². The summed E-state index contributed by atoms with van der Waals surface area (Å²) >= 11 is 1.17. The van der Waals surface area contributed by atoms with Crippen molar-refractivity contribution in [1.82, 2.24) is 8.75 Å². The zero-order valence-corrected chi connectivity index (χ0v) is 24.2. The van der Waals surface area contributed by atoms with Gasteiger partial charge in [0.1, 0.15) is 18.0 Å². The number of quaternary nitrogens is 1. The minimum absolute atomic E-state index is 0.0328. The van der Waals surface area contributed by atoms with E-state index < -0.39 is 0 Å². The van der Waals surface area contributed by atoms with Crippen molar-refractivity contribution in [3.05, 3.63) is 41.6 Å². The number of hydrogen-bond acceptors (Lipinski definition) is 8. The van der Waals surface area contributed by atoms with Crippen LogP contribution in [0.25, 0.3) is 5.57 Å². The van der Waals surface area contributed by atoms with E-state index in [0.717, 1.165) is 37.1 Å². The first-order chi connectivity index (χ1) is 18.3. The molecular formula is C29H42N3O5S+. The van der Waals surface area contributed by atoms with Gasteiger partial charge in [0, 0.05) is 29.9 Å². The summed E-state index contributed by atoms with van der Waals surface area (Å²) in [5.74, 6) is 0.420. The Hall–Kier alpha value is -2.78. The molecule has 3 rings (SSSR count). The summed E-state index contributed by atoms with van der Waals surface area (Å²) in [6, 6.07) is 7.11. The highest BCUT2D eigenvalue weighted by atomic mass is 32.1. The molecule has 208 valence electrons. The fraction of sp³-hybridized carbons (Fsp3) is 0.586. The number of esters is 2. The molecule has 9 heteroatoms. The van der Waals surface area contributed by atoms with Crippen LogP contribution in [0.3, 0.4) is 0 Å². The Labute approximate surface area is 230 Å². The average molecular weight is 545 g/mol. The van der Waals surface area contributed by atoms with Gasteiger partial charge in [0.05, 0.1) is 38.3 Å². The summed E-state index contributed by atoms with van der Waals surface area (Å²) in [4.78, 5) is 25.0. The zero-order valence-electron chi connectivity index (χ0n) is 23.4. The van der Waals surface area contributed by atoms with Gasteiger partial charge in [-0.25, -0.2) is 0 Å². The lowest BCUT2D eigenvalue weighted by atomic mass is 10.0. The van der Waals surface area contributed by atoms with Crippen molar-refractivity contribution in [3.8, 4) is 11.6 Å². The molecule has 8 nitrogen and oxygen atoms in total. The fourth-order valence-electron chi connectivity index (χ4n) is 4.88. The van der Waals surface area contributed by atoms with Crippen molar-refractivity contribution in [2.24, 2.45) is 5.92 Å². The van der Waals surface area contributed by atoms with Gasteiger partial charge < -0.3 is 14.2 Å². The zero-order chi connectivity index (χ0) is 27.5. The minimum atomic E-state index is -0.346. The van der Waals surface area contributed by atoms with E-state index >= 15 is 0 Å². The molecule has 38 heavy (non-hydrogen) atoms. The lowest BCUT2D eigenvalue weighted by Gasteiger charge is -2.44. The molecule has 0 saturated heterocycles. The van der Waals surface area contributed by atoms with Crippen LogP contribution in [-0.2, 0) is 20.7 Å². The Morgan fingerprint density at radius 1 is 1.08 bits per heavy atom. The van der Waals surface area contributed by atoms with Gasteiger partial charge in [-0.1, -0.05) is 71.2 Å². The van der Waals surface area contributed by atoms with Gasteiger partial charge in [0.15, 0.2) is 0 Å². The number of unbranched alkanes of at least 4 members (excludes halogenated alkanes) is 3. The summed E-state index contributed by atoms with van der Waals surface area (Å²) in [5.41, 5.74) is 2.52. The Bertz CT molecular complexity index is 1100. The van der Waals surface area contributed by atoms with Crippen molar-refractivity contribution in [1.29, 1.82) is 0 Å². The third-order valence-corrected chi connectivity index (χ3v) is 7.33. The highest BCUT2D eigenvalue weighted by Crippen LogP contribution is 2.33. The molecule has 0 radical (unpaired) electrons. The summed E-state index contributed by atoms with van der Waals surface area (Å²) in [7, 11) is 2.13. The van der Waals surface area contributed by atoms with Crippen LogP contribution in [-0.4, -0.2) is 58.1 Å². The van der Waals surface area contributed by atoms with E-state index in [1.165, 1.54) is 24.6 Å². The van der Waals surface area contributed by atoms with Gasteiger partial charge >= 0.3 is 11.9 Å². The van der Waals surface area contributed by atoms with Crippen LogP contribution in [0.5, 0.6) is 11.6 Å². The first kappa shape index (κ1) is 29.8. The maximum atomic E-state index is 13.1. The van der Waals surface area contributed by atoms with Crippen LogP contribution in [0, 0.1) is 5.92 Å². The van der Waals surface area contributed by atoms with E-state index in [9.17, 15) is 9.59 Å². The van der Waals surface area contributed by atoms with Crippen LogP contribution in [0.1, 0.15) is 77.5 Å². The van der Waals surface area contributed by atoms with Crippen LogP contribution in [0.15, 0.2) is 30.3 Å². The molecule has 1 aromatic carbocycles. The SMILES string of the molecule is CCCCCCOc1nsnc1C1=CCC[N+](C)(C(OC(=O)Cc2ccccc2OC(=O)CC)C(C)C)C1. The van der Waals surface area contributed by atoms with E-state index in [4.69, 9.17) is 14.2 Å². The number of likely N-dealkylation sites (N-methyl/N-ethyl adjacent to an activating group) is 1. The molecule has 0 fully saturated rings. The molecule has 1 aliphatic rings. The molecule has 0 N–H and O–H groups in total. The molecule has 1 aromatic heterocycles. The maximum absolute atomic E-state index is 13.1. The topological polar surface area (TPSA) is 87.6 Å². The second-order valence-corrected chi connectivity index (χ2v) is 11.0. The molecule has 0 saturated carbocycles. The van der Waals surface area contributed by atoms with Gasteiger partial charge in [0.2, 0.25) is 6.23 Å². The van der Waals surface area contributed by atoms with Crippen LogP contribution in [0.2, 0.25) is 0 Å². The Balaban J connectivity index is 1.69. The summed E-state index contributed by atoms with van der Waals surface area (Å²) < 4.78 is 27.1. The molecule has 0 bridgehead atoms. The third kappa shape index (κ3) is 8.11.